The van der Waals surface area contributed by atoms with Crippen molar-refractivity contribution in [2.45, 2.75) is 6.92 Å². The molecule has 0 bridgehead atoms. The van der Waals surface area contributed by atoms with E-state index < -0.39 is 0 Å². The first-order valence-corrected chi connectivity index (χ1v) is 6.02. The van der Waals surface area contributed by atoms with E-state index in [1.165, 1.54) is 6.92 Å². The van der Waals surface area contributed by atoms with Crippen molar-refractivity contribution >= 4 is 40.5 Å². The van der Waals surface area contributed by atoms with E-state index in [1.54, 1.807) is 30.3 Å². The Hall–Kier alpha value is -2.08. The highest BCUT2D eigenvalue weighted by Gasteiger charge is 2.19. The number of nitrogens with two attached hydrogens (primary N) is 1. The number of hydrogen-bond acceptors (Lipinski definition) is 4. The number of amidine groups is 1. The van der Waals surface area contributed by atoms with Crippen LogP contribution in [0.1, 0.15) is 12.5 Å². The molecule has 0 fully saturated rings. The lowest BCUT2D eigenvalue weighted by Crippen LogP contribution is -2.05. The fraction of sp³-hybridized carbons (Fsp3) is 0.0833. The van der Waals surface area contributed by atoms with Gasteiger partial charge >= 0.3 is 0 Å². The van der Waals surface area contributed by atoms with Crippen molar-refractivity contribution in [1.29, 1.82) is 0 Å². The molecule has 6 heteroatoms. The molecule has 0 saturated carbocycles. The molecular weight excluding hydrogens is 250 g/mol. The molecule has 18 heavy (non-hydrogen) atoms. The molecule has 0 unspecified atom stereocenters. The summed E-state index contributed by atoms with van der Waals surface area (Å²) >= 11 is 1.15. The molecule has 2 amide bonds. The largest absolute Gasteiger partial charge is 0.378 e. The third kappa shape index (κ3) is 2.98. The lowest BCUT2D eigenvalue weighted by molar-refractivity contribution is -0.114. The maximum Gasteiger partial charge on any atom is 0.286 e. The SMILES string of the molecule is CC(=O)Nc1ccc(/C=C2\SC(N)=NC2=O)cc1. The summed E-state index contributed by atoms with van der Waals surface area (Å²) in [7, 11) is 0. The summed E-state index contributed by atoms with van der Waals surface area (Å²) in [5, 5.41) is 2.93. The van der Waals surface area contributed by atoms with Crippen LogP contribution in [0.5, 0.6) is 0 Å². The fourth-order valence-electron chi connectivity index (χ4n) is 1.44. The molecule has 2 rings (SSSR count). The van der Waals surface area contributed by atoms with E-state index >= 15 is 0 Å². The Labute approximate surface area is 108 Å². The molecule has 1 aromatic carbocycles. The van der Waals surface area contributed by atoms with Gasteiger partial charge in [-0.05, 0) is 35.5 Å². The summed E-state index contributed by atoms with van der Waals surface area (Å²) in [4.78, 5) is 26.4. The van der Waals surface area contributed by atoms with Crippen LogP contribution in [0.4, 0.5) is 5.69 Å². The molecule has 0 radical (unpaired) electrons. The second-order valence-corrected chi connectivity index (χ2v) is 4.73. The molecule has 0 saturated heterocycles. The average Bonchev–Trinajstić information content (AvgIpc) is 2.59. The van der Waals surface area contributed by atoms with Crippen LogP contribution in [0.2, 0.25) is 0 Å². The number of carbonyl (C=O) groups is 2. The van der Waals surface area contributed by atoms with Crippen molar-refractivity contribution in [3.8, 4) is 0 Å². The molecule has 1 aromatic rings. The van der Waals surface area contributed by atoms with Crippen LogP contribution in [0.3, 0.4) is 0 Å². The maximum atomic E-state index is 11.4. The van der Waals surface area contributed by atoms with E-state index in [4.69, 9.17) is 5.73 Å². The number of carbonyl (C=O) groups excluding carboxylic acids is 2. The first-order chi connectivity index (χ1) is 8.54. The summed E-state index contributed by atoms with van der Waals surface area (Å²) in [6.45, 7) is 1.45. The Morgan fingerprint density at radius 2 is 2.06 bits per heavy atom. The summed E-state index contributed by atoms with van der Waals surface area (Å²) in [5.41, 5.74) is 7.02. The van der Waals surface area contributed by atoms with Gasteiger partial charge in [-0.15, -0.1) is 0 Å². The number of thioether (sulfide) groups is 1. The van der Waals surface area contributed by atoms with Gasteiger partial charge in [0.2, 0.25) is 5.91 Å². The first-order valence-electron chi connectivity index (χ1n) is 5.20. The molecule has 92 valence electrons. The molecule has 0 atom stereocenters. The van der Waals surface area contributed by atoms with Gasteiger partial charge in [-0.25, -0.2) is 0 Å². The van der Waals surface area contributed by atoms with Crippen molar-refractivity contribution < 1.29 is 9.59 Å². The standard InChI is InChI=1S/C12H11N3O2S/c1-7(16)14-9-4-2-8(3-5-9)6-10-11(17)15-12(13)18-10/h2-6H,1H3,(H,14,16)(H2,13,15,17)/b10-6-. The zero-order valence-electron chi connectivity index (χ0n) is 9.64. The number of hydrogen-bond donors (Lipinski definition) is 2. The normalized spacial score (nSPS) is 16.8. The lowest BCUT2D eigenvalue weighted by Gasteiger charge is -2.02. The highest BCUT2D eigenvalue weighted by atomic mass is 32.2. The van der Waals surface area contributed by atoms with Crippen LogP contribution < -0.4 is 11.1 Å². The maximum absolute atomic E-state index is 11.4. The molecule has 5 nitrogen and oxygen atoms in total. The van der Waals surface area contributed by atoms with Crippen LogP contribution in [0.25, 0.3) is 6.08 Å². The third-order valence-electron chi connectivity index (χ3n) is 2.17. The van der Waals surface area contributed by atoms with E-state index in [1.807, 2.05) is 0 Å². The van der Waals surface area contributed by atoms with Crippen LogP contribution in [-0.4, -0.2) is 17.0 Å². The highest BCUT2D eigenvalue weighted by molar-refractivity contribution is 8.18. The lowest BCUT2D eigenvalue weighted by atomic mass is 10.2. The smallest absolute Gasteiger partial charge is 0.286 e. The van der Waals surface area contributed by atoms with Gasteiger partial charge in [-0.3, -0.25) is 9.59 Å². The Balaban J connectivity index is 2.14. The third-order valence-corrected chi connectivity index (χ3v) is 2.98. The second-order valence-electron chi connectivity index (χ2n) is 3.67. The van der Waals surface area contributed by atoms with E-state index in [2.05, 4.69) is 10.3 Å². The van der Waals surface area contributed by atoms with Crippen molar-refractivity contribution in [3.63, 3.8) is 0 Å². The number of nitrogens with one attached hydrogen (secondary N) is 1. The molecule has 1 aliphatic rings. The quantitative estimate of drug-likeness (QED) is 0.791. The van der Waals surface area contributed by atoms with Gasteiger partial charge in [-0.2, -0.15) is 4.99 Å². The van der Waals surface area contributed by atoms with E-state index in [0.717, 1.165) is 17.3 Å². The second kappa shape index (κ2) is 5.05. The average molecular weight is 261 g/mol. The molecule has 3 N–H and O–H groups in total. The van der Waals surface area contributed by atoms with Crippen molar-refractivity contribution in [1.82, 2.24) is 0 Å². The molecule has 0 aliphatic carbocycles. The predicted molar refractivity (Wildman–Crippen MR) is 72.9 cm³/mol. The minimum Gasteiger partial charge on any atom is -0.378 e. The van der Waals surface area contributed by atoms with Gasteiger partial charge in [0, 0.05) is 12.6 Å². The summed E-state index contributed by atoms with van der Waals surface area (Å²) in [6.07, 6.45) is 1.72. The Morgan fingerprint density at radius 1 is 1.39 bits per heavy atom. The van der Waals surface area contributed by atoms with Gasteiger partial charge in [0.05, 0.1) is 4.91 Å². The predicted octanol–water partition coefficient (Wildman–Crippen LogP) is 1.57. The topological polar surface area (TPSA) is 84.6 Å². The van der Waals surface area contributed by atoms with Crippen molar-refractivity contribution in [3.05, 3.63) is 34.7 Å². The molecule has 1 heterocycles. The number of aliphatic imine (C=N–C) groups is 1. The Morgan fingerprint density at radius 3 is 2.56 bits per heavy atom. The highest BCUT2D eigenvalue weighted by Crippen LogP contribution is 2.26. The van der Waals surface area contributed by atoms with Crippen LogP contribution >= 0.6 is 11.8 Å². The van der Waals surface area contributed by atoms with Crippen LogP contribution in [0, 0.1) is 0 Å². The van der Waals surface area contributed by atoms with Crippen molar-refractivity contribution in [2.75, 3.05) is 5.32 Å². The minimum absolute atomic E-state index is 0.121. The van der Waals surface area contributed by atoms with Gasteiger partial charge in [0.25, 0.3) is 5.91 Å². The number of nitrogens with zero attached hydrogens (tertiary/aromatic N) is 1. The van der Waals surface area contributed by atoms with Gasteiger partial charge in [-0.1, -0.05) is 12.1 Å². The Bertz CT molecular complexity index is 561. The van der Waals surface area contributed by atoms with Gasteiger partial charge in [0.15, 0.2) is 5.17 Å². The van der Waals surface area contributed by atoms with Crippen molar-refractivity contribution in [2.24, 2.45) is 10.7 Å². The monoisotopic (exact) mass is 261 g/mol. The molecule has 0 aromatic heterocycles. The van der Waals surface area contributed by atoms with Crippen LogP contribution in [-0.2, 0) is 9.59 Å². The number of rotatable bonds is 2. The first kappa shape index (κ1) is 12.4. The number of benzene rings is 1. The summed E-state index contributed by atoms with van der Waals surface area (Å²) < 4.78 is 0. The molecular formula is C12H11N3O2S. The Kier molecular flexibility index (Phi) is 3.47. The summed E-state index contributed by atoms with van der Waals surface area (Å²) in [6, 6.07) is 7.14. The molecule has 0 spiro atoms. The van der Waals surface area contributed by atoms with Crippen LogP contribution in [0.15, 0.2) is 34.2 Å². The van der Waals surface area contributed by atoms with Gasteiger partial charge in [0.1, 0.15) is 0 Å². The van der Waals surface area contributed by atoms with E-state index in [0.29, 0.717) is 10.6 Å². The zero-order chi connectivity index (χ0) is 13.1. The van der Waals surface area contributed by atoms with E-state index in [9.17, 15) is 9.59 Å². The minimum atomic E-state index is -0.316. The summed E-state index contributed by atoms with van der Waals surface area (Å²) in [5.74, 6) is -0.438. The zero-order valence-corrected chi connectivity index (χ0v) is 10.5. The number of amides is 2. The van der Waals surface area contributed by atoms with E-state index in [-0.39, 0.29) is 17.0 Å². The fourth-order valence-corrected chi connectivity index (χ4v) is 2.12. The molecule has 1 aliphatic heterocycles. The number of anilines is 1. The van der Waals surface area contributed by atoms with Gasteiger partial charge < -0.3 is 11.1 Å².